The van der Waals surface area contributed by atoms with Crippen LogP contribution >= 0.6 is 0 Å². The number of fused-ring (bicyclic) bond motifs is 7. The molecule has 0 saturated carbocycles. The van der Waals surface area contributed by atoms with Crippen LogP contribution in [-0.2, 0) is 10.8 Å². The van der Waals surface area contributed by atoms with E-state index >= 15 is 0 Å². The smallest absolute Gasteiger partial charge is 0.0713 e. The molecule has 2 aliphatic rings. The van der Waals surface area contributed by atoms with Gasteiger partial charge in [0.25, 0.3) is 0 Å². The molecule has 0 atom stereocenters. The third-order valence-corrected chi connectivity index (χ3v) is 12.7. The fourth-order valence-electron chi connectivity index (χ4n) is 10.0. The SMILES string of the molecule is CC1(C)c2cc(N(c3ccc(-c4ccccc4)cc3)c3ccc4c(c3)-c3ccccc3C4(c3ccccc3)c3ccccc3)ccc2-c2cc3ccccc3cc21. The van der Waals surface area contributed by atoms with Gasteiger partial charge in [0.1, 0.15) is 0 Å². The second kappa shape index (κ2) is 12.8. The average molecular weight is 728 g/mol. The fourth-order valence-corrected chi connectivity index (χ4v) is 10.0. The zero-order chi connectivity index (χ0) is 38.1. The quantitative estimate of drug-likeness (QED) is 0.165. The van der Waals surface area contributed by atoms with Crippen LogP contribution in [0.25, 0.3) is 44.2 Å². The molecule has 0 bridgehead atoms. The van der Waals surface area contributed by atoms with E-state index in [2.05, 4.69) is 231 Å². The summed E-state index contributed by atoms with van der Waals surface area (Å²) in [4.78, 5) is 2.46. The number of hydrogen-bond acceptors (Lipinski definition) is 1. The summed E-state index contributed by atoms with van der Waals surface area (Å²) >= 11 is 0. The van der Waals surface area contributed by atoms with Crippen molar-refractivity contribution in [2.45, 2.75) is 24.7 Å². The van der Waals surface area contributed by atoms with E-state index in [1.165, 1.54) is 77.5 Å². The van der Waals surface area contributed by atoms with Gasteiger partial charge in [-0.15, -0.1) is 0 Å². The number of anilines is 3. The van der Waals surface area contributed by atoms with Gasteiger partial charge in [-0.05, 0) is 126 Å². The molecule has 0 N–H and O–H groups in total. The van der Waals surface area contributed by atoms with Crippen LogP contribution in [0.3, 0.4) is 0 Å². The number of rotatable bonds is 6. The van der Waals surface area contributed by atoms with Crippen LogP contribution in [0.4, 0.5) is 17.1 Å². The van der Waals surface area contributed by atoms with Crippen LogP contribution in [0.5, 0.6) is 0 Å². The van der Waals surface area contributed by atoms with Crippen LogP contribution in [-0.4, -0.2) is 0 Å². The Morgan fingerprint density at radius 1 is 0.316 bits per heavy atom. The van der Waals surface area contributed by atoms with E-state index in [0.29, 0.717) is 0 Å². The Morgan fingerprint density at radius 2 is 0.789 bits per heavy atom. The molecule has 0 aliphatic heterocycles. The highest BCUT2D eigenvalue weighted by Crippen LogP contribution is 2.58. The first kappa shape index (κ1) is 33.4. The minimum atomic E-state index is -0.442. The molecule has 1 nitrogen and oxygen atoms in total. The van der Waals surface area contributed by atoms with Gasteiger partial charge in [-0.25, -0.2) is 0 Å². The van der Waals surface area contributed by atoms with Crippen LogP contribution in [0.15, 0.2) is 212 Å². The standard InChI is InChI=1S/C56H41N/c1-55(2)53-35-41-19-13-12-18-40(41)34-49(53)48-32-30-46(37-54(48)55)57(44-28-26-39(27-29-44)38-16-6-3-7-17-38)45-31-33-52-50(36-45)47-24-14-15-25-51(47)56(52,42-20-8-4-9-21-42)43-22-10-5-11-23-43/h3-37H,1-2H3. The summed E-state index contributed by atoms with van der Waals surface area (Å²) in [6.45, 7) is 4.77. The van der Waals surface area contributed by atoms with Gasteiger partial charge in [0.15, 0.2) is 0 Å². The van der Waals surface area contributed by atoms with Crippen molar-refractivity contribution in [1.82, 2.24) is 0 Å². The van der Waals surface area contributed by atoms with Crippen molar-refractivity contribution in [2.75, 3.05) is 4.90 Å². The molecule has 270 valence electrons. The van der Waals surface area contributed by atoms with E-state index in [1.807, 2.05) is 0 Å². The first-order valence-electron chi connectivity index (χ1n) is 20.0. The van der Waals surface area contributed by atoms with Crippen molar-refractivity contribution >= 4 is 27.8 Å². The number of benzene rings is 9. The van der Waals surface area contributed by atoms with E-state index < -0.39 is 5.41 Å². The van der Waals surface area contributed by atoms with Crippen molar-refractivity contribution in [1.29, 1.82) is 0 Å². The largest absolute Gasteiger partial charge is 0.310 e. The predicted molar refractivity (Wildman–Crippen MR) is 239 cm³/mol. The van der Waals surface area contributed by atoms with E-state index in [1.54, 1.807) is 0 Å². The average Bonchev–Trinajstić information content (AvgIpc) is 3.69. The predicted octanol–water partition coefficient (Wildman–Crippen LogP) is 14.6. The van der Waals surface area contributed by atoms with Gasteiger partial charge in [0, 0.05) is 22.5 Å². The maximum Gasteiger partial charge on any atom is 0.0713 e. The van der Waals surface area contributed by atoms with Crippen LogP contribution in [0, 0.1) is 0 Å². The minimum absolute atomic E-state index is 0.157. The van der Waals surface area contributed by atoms with Crippen molar-refractivity contribution in [3.8, 4) is 33.4 Å². The fraction of sp³-hybridized carbons (Fsp3) is 0.0714. The summed E-state index contributed by atoms with van der Waals surface area (Å²) in [5, 5.41) is 2.57. The lowest BCUT2D eigenvalue weighted by Crippen LogP contribution is -2.28. The molecular weight excluding hydrogens is 687 g/mol. The molecular formula is C56H41N. The molecule has 0 aromatic heterocycles. The molecule has 0 unspecified atom stereocenters. The molecule has 11 rings (SSSR count). The number of nitrogens with zero attached hydrogens (tertiary/aromatic N) is 1. The summed E-state index contributed by atoms with van der Waals surface area (Å²) in [6, 6.07) is 78.7. The molecule has 0 saturated heterocycles. The van der Waals surface area contributed by atoms with Crippen molar-refractivity contribution in [3.05, 3.63) is 246 Å². The van der Waals surface area contributed by atoms with Gasteiger partial charge < -0.3 is 4.90 Å². The Bertz CT molecular complexity index is 2920. The maximum absolute atomic E-state index is 2.46. The van der Waals surface area contributed by atoms with Gasteiger partial charge >= 0.3 is 0 Å². The normalized spacial score (nSPS) is 14.1. The zero-order valence-electron chi connectivity index (χ0n) is 32.2. The van der Waals surface area contributed by atoms with Crippen molar-refractivity contribution < 1.29 is 0 Å². The Morgan fingerprint density at radius 3 is 1.49 bits per heavy atom. The molecule has 57 heavy (non-hydrogen) atoms. The van der Waals surface area contributed by atoms with Crippen molar-refractivity contribution in [2.24, 2.45) is 0 Å². The first-order valence-corrected chi connectivity index (χ1v) is 20.0. The molecule has 0 amide bonds. The zero-order valence-corrected chi connectivity index (χ0v) is 32.2. The maximum atomic E-state index is 2.46. The third-order valence-electron chi connectivity index (χ3n) is 12.7. The topological polar surface area (TPSA) is 3.24 Å². The van der Waals surface area contributed by atoms with E-state index in [0.717, 1.165) is 17.1 Å². The Labute approximate surface area is 335 Å². The lowest BCUT2D eigenvalue weighted by molar-refractivity contribution is 0.661. The lowest BCUT2D eigenvalue weighted by Gasteiger charge is -2.34. The van der Waals surface area contributed by atoms with Crippen molar-refractivity contribution in [3.63, 3.8) is 0 Å². The number of hydrogen-bond donors (Lipinski definition) is 0. The van der Waals surface area contributed by atoms with Gasteiger partial charge in [0.2, 0.25) is 0 Å². The van der Waals surface area contributed by atoms with Gasteiger partial charge in [-0.3, -0.25) is 0 Å². The third kappa shape index (κ3) is 5.02. The molecule has 9 aromatic carbocycles. The molecule has 0 heterocycles. The van der Waals surface area contributed by atoms with E-state index in [4.69, 9.17) is 0 Å². The van der Waals surface area contributed by atoms with Crippen LogP contribution < -0.4 is 4.90 Å². The lowest BCUT2D eigenvalue weighted by atomic mass is 9.68. The highest BCUT2D eigenvalue weighted by Gasteiger charge is 2.46. The first-order chi connectivity index (χ1) is 28.0. The monoisotopic (exact) mass is 727 g/mol. The molecule has 9 aromatic rings. The Hall–Kier alpha value is -6.96. The highest BCUT2D eigenvalue weighted by molar-refractivity contribution is 5.95. The van der Waals surface area contributed by atoms with Gasteiger partial charge in [-0.1, -0.05) is 178 Å². The Kier molecular flexibility index (Phi) is 7.50. The van der Waals surface area contributed by atoms with Gasteiger partial charge in [0.05, 0.1) is 5.41 Å². The second-order valence-electron chi connectivity index (χ2n) is 16.1. The Balaban J connectivity index is 1.12. The van der Waals surface area contributed by atoms with Crippen LogP contribution in [0.1, 0.15) is 47.2 Å². The molecule has 2 aliphatic carbocycles. The molecule has 0 spiro atoms. The molecule has 0 radical (unpaired) electrons. The highest BCUT2D eigenvalue weighted by atomic mass is 15.1. The second-order valence-corrected chi connectivity index (χ2v) is 16.1. The summed E-state index contributed by atoms with van der Waals surface area (Å²) in [5.41, 5.74) is 18.3. The summed E-state index contributed by atoms with van der Waals surface area (Å²) in [7, 11) is 0. The van der Waals surface area contributed by atoms with Crippen LogP contribution in [0.2, 0.25) is 0 Å². The molecule has 0 fully saturated rings. The van der Waals surface area contributed by atoms with E-state index in [9.17, 15) is 0 Å². The van der Waals surface area contributed by atoms with Gasteiger partial charge in [-0.2, -0.15) is 0 Å². The molecule has 1 heteroatoms. The minimum Gasteiger partial charge on any atom is -0.310 e. The van der Waals surface area contributed by atoms with E-state index in [-0.39, 0.29) is 5.41 Å². The summed E-state index contributed by atoms with van der Waals surface area (Å²) < 4.78 is 0. The summed E-state index contributed by atoms with van der Waals surface area (Å²) in [5.74, 6) is 0. The summed E-state index contributed by atoms with van der Waals surface area (Å²) in [6.07, 6.45) is 0.